The first-order chi connectivity index (χ1) is 30.7. The molecule has 0 unspecified atom stereocenters. The lowest BCUT2D eigenvalue weighted by molar-refractivity contribution is -0.384. The van der Waals surface area contributed by atoms with Gasteiger partial charge in [-0.25, -0.2) is 4.79 Å². The highest BCUT2D eigenvalue weighted by molar-refractivity contribution is 6.03. The summed E-state index contributed by atoms with van der Waals surface area (Å²) >= 11 is 0. The lowest BCUT2D eigenvalue weighted by Crippen LogP contribution is -2.70. The lowest BCUT2D eigenvalue weighted by Gasteiger charge is -2.59. The molecule has 0 saturated heterocycles. The molecule has 2 N–H and O–H groups in total. The minimum Gasteiger partial charge on any atom is -0.487 e. The third kappa shape index (κ3) is 11.2. The molecule has 1 aliphatic heterocycles. The number of hydrogen-bond acceptors (Lipinski definition) is 12. The third-order valence-electron chi connectivity index (χ3n) is 12.2. The summed E-state index contributed by atoms with van der Waals surface area (Å²) in [6.07, 6.45) is 10.9. The number of pyridine rings is 1. The molecule has 0 radical (unpaired) electrons. The Morgan fingerprint density at radius 2 is 1.83 bits per heavy atom. The highest BCUT2D eigenvalue weighted by Crippen LogP contribution is 2.62. The molecule has 1 amide bonds. The number of aryl methyl sites for hydroxylation is 1. The summed E-state index contributed by atoms with van der Waals surface area (Å²) in [5, 5.41) is 36.1. The van der Waals surface area contributed by atoms with Gasteiger partial charge in [-0.1, -0.05) is 49.2 Å². The number of non-ortho nitro benzene ring substituents is 1. The lowest BCUT2D eigenvalue weighted by atomic mass is 9.55. The molecule has 2 heterocycles. The van der Waals surface area contributed by atoms with Crippen molar-refractivity contribution in [3.05, 3.63) is 130 Å². The first kappa shape index (κ1) is 46.9. The van der Waals surface area contributed by atoms with E-state index in [0.29, 0.717) is 55.0 Å². The van der Waals surface area contributed by atoms with Gasteiger partial charge in [-0.2, -0.15) is 0 Å². The van der Waals surface area contributed by atoms with Gasteiger partial charge in [0.05, 0.1) is 35.5 Å². The molecule has 2 aliphatic carbocycles. The van der Waals surface area contributed by atoms with Gasteiger partial charge in [0.15, 0.2) is 0 Å². The molecule has 6 atom stereocenters. The molecule has 1 saturated carbocycles. The number of nitro groups is 1. The van der Waals surface area contributed by atoms with Crippen LogP contribution in [0.5, 0.6) is 11.5 Å². The Labute approximate surface area is 370 Å². The average Bonchev–Trinajstić information content (AvgIpc) is 3.28. The van der Waals surface area contributed by atoms with Gasteiger partial charge in [0.25, 0.3) is 5.69 Å². The van der Waals surface area contributed by atoms with Crippen LogP contribution >= 0.6 is 0 Å². The van der Waals surface area contributed by atoms with E-state index in [1.807, 2.05) is 44.2 Å². The van der Waals surface area contributed by atoms with Crippen molar-refractivity contribution in [2.24, 2.45) is 22.9 Å². The summed E-state index contributed by atoms with van der Waals surface area (Å²) in [5.74, 6) is -0.906. The maximum Gasteiger partial charge on any atom is 0.410 e. The highest BCUT2D eigenvalue weighted by Gasteiger charge is 2.65. The van der Waals surface area contributed by atoms with Crippen LogP contribution in [-0.4, -0.2) is 81.6 Å². The van der Waals surface area contributed by atoms with E-state index in [0.717, 1.165) is 48.2 Å². The summed E-state index contributed by atoms with van der Waals surface area (Å²) in [5.41, 5.74) is 4.81. The Balaban J connectivity index is 1.54. The highest BCUT2D eigenvalue weighted by atomic mass is 16.7. The van der Waals surface area contributed by atoms with Gasteiger partial charge < -0.3 is 34.0 Å². The van der Waals surface area contributed by atoms with Crippen molar-refractivity contribution in [3.8, 4) is 11.5 Å². The number of nitrogens with zero attached hydrogens (tertiary/aromatic N) is 4. The van der Waals surface area contributed by atoms with Gasteiger partial charge in [-0.3, -0.25) is 20.0 Å². The molecule has 14 heteroatoms. The van der Waals surface area contributed by atoms with Crippen molar-refractivity contribution in [1.29, 1.82) is 0 Å². The van der Waals surface area contributed by atoms with Crippen LogP contribution in [0.1, 0.15) is 93.1 Å². The average molecular weight is 867 g/mol. The van der Waals surface area contributed by atoms with E-state index in [4.69, 9.17) is 28.9 Å². The van der Waals surface area contributed by atoms with Crippen LogP contribution in [0.3, 0.4) is 0 Å². The van der Waals surface area contributed by atoms with E-state index in [-0.39, 0.29) is 69.5 Å². The Bertz CT molecular complexity index is 2090. The number of rotatable bonds is 24. The Morgan fingerprint density at radius 1 is 1.05 bits per heavy atom. The molecule has 338 valence electrons. The third-order valence-corrected chi connectivity index (χ3v) is 12.2. The van der Waals surface area contributed by atoms with Crippen molar-refractivity contribution in [2.75, 3.05) is 33.0 Å². The molecule has 1 aromatic heterocycles. The zero-order chi connectivity index (χ0) is 44.8. The monoisotopic (exact) mass is 866 g/mol. The van der Waals surface area contributed by atoms with E-state index < -0.39 is 28.8 Å². The SMILES string of the molecule is C=CCCOC(=O)N(CCC)[C@H]1CC(=NOCc2ccc([N+](=O)[O-])cc2)C2=C[C@H](CCCCO)[C@@H](CCCCO)[C@@H]3c4cc(OCc5cccc(C)n5)ccc4O[C@@]1(OCC=C)[C@H]23. The van der Waals surface area contributed by atoms with Crippen molar-refractivity contribution in [2.45, 2.75) is 103 Å². The normalized spacial score (nSPS) is 22.8. The van der Waals surface area contributed by atoms with Gasteiger partial charge in [0.1, 0.15) is 30.8 Å². The number of fused-ring (bicyclic) bond motifs is 2. The molecule has 1 fully saturated rings. The number of benzene rings is 2. The number of aliphatic hydroxyl groups excluding tert-OH is 2. The van der Waals surface area contributed by atoms with Gasteiger partial charge in [-0.05, 0) is 111 Å². The first-order valence-corrected chi connectivity index (χ1v) is 22.2. The van der Waals surface area contributed by atoms with E-state index in [1.165, 1.54) is 12.1 Å². The predicted octanol–water partition coefficient (Wildman–Crippen LogP) is 9.14. The van der Waals surface area contributed by atoms with E-state index in [2.05, 4.69) is 30.3 Å². The topological polar surface area (TPSA) is 175 Å². The van der Waals surface area contributed by atoms with Gasteiger partial charge in [-0.15, -0.1) is 13.2 Å². The molecule has 0 bridgehead atoms. The second kappa shape index (κ2) is 22.7. The number of aliphatic hydroxyl groups is 2. The smallest absolute Gasteiger partial charge is 0.410 e. The van der Waals surface area contributed by atoms with Crippen molar-refractivity contribution >= 4 is 17.5 Å². The predicted molar refractivity (Wildman–Crippen MR) is 239 cm³/mol. The molecule has 2 aromatic carbocycles. The van der Waals surface area contributed by atoms with Crippen molar-refractivity contribution in [3.63, 3.8) is 0 Å². The second-order valence-electron chi connectivity index (χ2n) is 16.4. The zero-order valence-corrected chi connectivity index (χ0v) is 36.6. The summed E-state index contributed by atoms with van der Waals surface area (Å²) < 4.78 is 26.6. The molecular weight excluding hydrogens is 805 g/mol. The van der Waals surface area contributed by atoms with E-state index in [1.54, 1.807) is 29.2 Å². The quantitative estimate of drug-likeness (QED) is 0.0380. The Kier molecular flexibility index (Phi) is 16.9. The Hall–Kier alpha value is -5.57. The number of allylic oxidation sites excluding steroid dienone is 1. The van der Waals surface area contributed by atoms with Crippen LogP contribution in [0.15, 0.2) is 103 Å². The number of nitro benzene ring substituents is 1. The van der Waals surface area contributed by atoms with Gasteiger partial charge in [0, 0.05) is 55.5 Å². The van der Waals surface area contributed by atoms with Crippen molar-refractivity contribution < 1.29 is 43.7 Å². The standard InChI is InChI=1S/C49H62N4O10/c1-5-8-28-59-48(56)52(24-6-2)45-31-43(51-62-32-35-18-20-38(21-19-35)53(57)58)41-29-36(15-9-11-25-54)40(17-10-12-26-55)46-42-30-39(60-33-37-16-13-14-34(4)50-37)22-23-44(42)63-49(45,47(41)46)61-27-7-3/h5,7,13-14,16,18-23,29-30,36,40,45-47,54-55H,1,3,6,8-12,15,17,24-28,31-33H2,2,4H3/t36-,40+,45-,46+,47+,49+/m0/s1. The number of unbranched alkanes of at least 4 members (excludes halogenated alkanes) is 2. The fourth-order valence-corrected chi connectivity index (χ4v) is 9.40. The fraction of sp³-hybridized carbons (Fsp3) is 0.490. The number of carbonyl (C=O) groups is 1. The maximum atomic E-state index is 14.3. The maximum absolute atomic E-state index is 14.3. The summed E-state index contributed by atoms with van der Waals surface area (Å²) in [6, 6.07) is 17.1. The summed E-state index contributed by atoms with van der Waals surface area (Å²) in [7, 11) is 0. The Morgan fingerprint density at radius 3 is 2.52 bits per heavy atom. The van der Waals surface area contributed by atoms with Crippen molar-refractivity contribution in [1.82, 2.24) is 9.88 Å². The van der Waals surface area contributed by atoms with Crippen LogP contribution in [0.4, 0.5) is 10.5 Å². The molecule has 6 rings (SSSR count). The number of carbonyl (C=O) groups excluding carboxylic acids is 1. The van der Waals surface area contributed by atoms with E-state index >= 15 is 0 Å². The van der Waals surface area contributed by atoms with E-state index in [9.17, 15) is 25.1 Å². The van der Waals surface area contributed by atoms with Crippen LogP contribution < -0.4 is 9.47 Å². The molecule has 3 aliphatic rings. The number of amides is 1. The second-order valence-corrected chi connectivity index (χ2v) is 16.4. The number of hydrogen-bond donors (Lipinski definition) is 2. The number of oxime groups is 1. The van der Waals surface area contributed by atoms with Crippen LogP contribution in [0, 0.1) is 34.8 Å². The molecule has 63 heavy (non-hydrogen) atoms. The molecule has 0 spiro atoms. The van der Waals surface area contributed by atoms with Gasteiger partial charge in [0.2, 0.25) is 5.79 Å². The summed E-state index contributed by atoms with van der Waals surface area (Å²) in [4.78, 5) is 37.7. The number of ether oxygens (including phenoxy) is 4. The first-order valence-electron chi connectivity index (χ1n) is 22.2. The minimum absolute atomic E-state index is 0.0206. The zero-order valence-electron chi connectivity index (χ0n) is 36.6. The largest absolute Gasteiger partial charge is 0.487 e. The van der Waals surface area contributed by atoms with Crippen LogP contribution in [-0.2, 0) is 27.5 Å². The molecule has 3 aromatic rings. The number of aromatic nitrogens is 1. The van der Waals surface area contributed by atoms with Crippen LogP contribution in [0.25, 0.3) is 0 Å². The minimum atomic E-state index is -1.44. The summed E-state index contributed by atoms with van der Waals surface area (Å²) in [6.45, 7) is 12.8. The van der Waals surface area contributed by atoms with Gasteiger partial charge >= 0.3 is 6.09 Å². The molecular formula is C49H62N4O10. The molecule has 14 nitrogen and oxygen atoms in total. The fourth-order valence-electron chi connectivity index (χ4n) is 9.40. The van der Waals surface area contributed by atoms with Crippen LogP contribution in [0.2, 0.25) is 0 Å².